The maximum Gasteiger partial charge on any atom is 0.116 e. The Morgan fingerprint density at radius 3 is 3.18 bits per heavy atom. The molecule has 0 aliphatic carbocycles. The fourth-order valence-electron chi connectivity index (χ4n) is 2.12. The quantitative estimate of drug-likeness (QED) is 0.810. The number of thiol groups is 1. The molecular formula is C13H14N2S2. The van der Waals surface area contributed by atoms with Gasteiger partial charge < -0.3 is 4.98 Å². The van der Waals surface area contributed by atoms with Crippen LogP contribution in [0.2, 0.25) is 0 Å². The molecule has 0 amide bonds. The van der Waals surface area contributed by atoms with Gasteiger partial charge in [0, 0.05) is 10.6 Å². The Labute approximate surface area is 111 Å². The number of H-pyrrole nitrogens is 1. The van der Waals surface area contributed by atoms with E-state index in [0.717, 1.165) is 11.5 Å². The second-order valence-electron chi connectivity index (χ2n) is 4.18. The molecule has 0 saturated carbocycles. The number of fused-ring (bicyclic) bond motifs is 1. The zero-order valence-electron chi connectivity index (χ0n) is 9.44. The van der Waals surface area contributed by atoms with E-state index in [9.17, 15) is 0 Å². The topological polar surface area (TPSA) is 28.7 Å². The summed E-state index contributed by atoms with van der Waals surface area (Å²) in [5, 5.41) is 0. The van der Waals surface area contributed by atoms with E-state index >= 15 is 0 Å². The Bertz CT molecular complexity index is 534. The number of nitrogens with one attached hydrogen (secondary N) is 1. The van der Waals surface area contributed by atoms with Crippen LogP contribution in [-0.4, -0.2) is 15.7 Å². The van der Waals surface area contributed by atoms with Gasteiger partial charge in [-0.15, -0.1) is 11.8 Å². The standard InChI is InChI=1S/C13H14N2S2/c16-8-13-14-7-11(15-13)9-3-4-12-10(6-9)2-1-5-17-12/h3-4,6-7,16H,1-2,5,8H2,(H,14,15). The van der Waals surface area contributed by atoms with Gasteiger partial charge >= 0.3 is 0 Å². The van der Waals surface area contributed by atoms with Gasteiger partial charge in [0.15, 0.2) is 0 Å². The molecule has 0 bridgehead atoms. The van der Waals surface area contributed by atoms with Crippen molar-refractivity contribution in [1.29, 1.82) is 0 Å². The molecule has 1 aliphatic heterocycles. The summed E-state index contributed by atoms with van der Waals surface area (Å²) in [6, 6.07) is 6.69. The van der Waals surface area contributed by atoms with Crippen LogP contribution in [0.1, 0.15) is 17.8 Å². The highest BCUT2D eigenvalue weighted by Gasteiger charge is 2.11. The highest BCUT2D eigenvalue weighted by Crippen LogP contribution is 2.32. The van der Waals surface area contributed by atoms with Gasteiger partial charge in [-0.2, -0.15) is 12.6 Å². The van der Waals surface area contributed by atoms with Gasteiger partial charge in [-0.25, -0.2) is 4.98 Å². The van der Waals surface area contributed by atoms with Crippen LogP contribution in [0.5, 0.6) is 0 Å². The molecule has 2 nitrogen and oxygen atoms in total. The highest BCUT2D eigenvalue weighted by atomic mass is 32.2. The smallest absolute Gasteiger partial charge is 0.116 e. The molecule has 0 saturated heterocycles. The third-order valence-corrected chi connectivity index (χ3v) is 4.50. The van der Waals surface area contributed by atoms with Crippen molar-refractivity contribution in [2.75, 3.05) is 5.75 Å². The summed E-state index contributed by atoms with van der Waals surface area (Å²) in [7, 11) is 0. The lowest BCUT2D eigenvalue weighted by Crippen LogP contribution is -1.98. The fourth-order valence-corrected chi connectivity index (χ4v) is 3.30. The van der Waals surface area contributed by atoms with E-state index in [-0.39, 0.29) is 0 Å². The normalized spacial score (nSPS) is 14.6. The zero-order valence-corrected chi connectivity index (χ0v) is 11.2. The van der Waals surface area contributed by atoms with Gasteiger partial charge in [-0.3, -0.25) is 0 Å². The number of hydrogen-bond donors (Lipinski definition) is 2. The number of aromatic nitrogens is 2. The molecule has 0 fully saturated rings. The Hall–Kier alpha value is -0.870. The second-order valence-corrected chi connectivity index (χ2v) is 5.63. The number of imidazole rings is 1. The first-order chi connectivity index (χ1) is 8.36. The molecule has 0 atom stereocenters. The minimum absolute atomic E-state index is 0.654. The minimum atomic E-state index is 0.654. The van der Waals surface area contributed by atoms with Crippen molar-refractivity contribution in [2.45, 2.75) is 23.5 Å². The molecule has 0 radical (unpaired) electrons. The van der Waals surface area contributed by atoms with Crippen LogP contribution in [-0.2, 0) is 12.2 Å². The summed E-state index contributed by atoms with van der Waals surface area (Å²) in [6.45, 7) is 0. The van der Waals surface area contributed by atoms with Crippen molar-refractivity contribution in [1.82, 2.24) is 9.97 Å². The number of thioether (sulfide) groups is 1. The van der Waals surface area contributed by atoms with Crippen LogP contribution in [0.3, 0.4) is 0 Å². The maximum atomic E-state index is 4.29. The lowest BCUT2D eigenvalue weighted by molar-refractivity contribution is 0.890. The summed E-state index contributed by atoms with van der Waals surface area (Å²) in [5.41, 5.74) is 3.79. The van der Waals surface area contributed by atoms with Crippen molar-refractivity contribution in [3.8, 4) is 11.3 Å². The van der Waals surface area contributed by atoms with Gasteiger partial charge in [0.2, 0.25) is 0 Å². The largest absolute Gasteiger partial charge is 0.341 e. The Morgan fingerprint density at radius 2 is 2.35 bits per heavy atom. The van der Waals surface area contributed by atoms with Crippen molar-refractivity contribution in [3.05, 3.63) is 35.8 Å². The second kappa shape index (κ2) is 4.78. The molecule has 1 aromatic heterocycles. The fraction of sp³-hybridized carbons (Fsp3) is 0.308. The van der Waals surface area contributed by atoms with Crippen molar-refractivity contribution in [3.63, 3.8) is 0 Å². The van der Waals surface area contributed by atoms with E-state index in [1.54, 1.807) is 0 Å². The molecule has 2 aromatic rings. The van der Waals surface area contributed by atoms with Crippen molar-refractivity contribution >= 4 is 24.4 Å². The molecule has 1 N–H and O–H groups in total. The monoisotopic (exact) mass is 262 g/mol. The van der Waals surface area contributed by atoms with Gasteiger partial charge in [-0.1, -0.05) is 6.07 Å². The first-order valence-corrected chi connectivity index (χ1v) is 7.39. The number of benzene rings is 1. The van der Waals surface area contributed by atoms with Crippen molar-refractivity contribution < 1.29 is 0 Å². The van der Waals surface area contributed by atoms with Crippen LogP contribution in [0.25, 0.3) is 11.3 Å². The summed E-state index contributed by atoms with van der Waals surface area (Å²) in [6.07, 6.45) is 4.37. The van der Waals surface area contributed by atoms with Gasteiger partial charge in [0.05, 0.1) is 11.9 Å². The van der Waals surface area contributed by atoms with Gasteiger partial charge in [-0.05, 0) is 41.9 Å². The molecule has 1 aliphatic rings. The Balaban J connectivity index is 1.97. The molecule has 17 heavy (non-hydrogen) atoms. The number of aromatic amines is 1. The van der Waals surface area contributed by atoms with Crippen LogP contribution in [0.15, 0.2) is 29.3 Å². The summed E-state index contributed by atoms with van der Waals surface area (Å²) < 4.78 is 0. The van der Waals surface area contributed by atoms with Crippen LogP contribution in [0, 0.1) is 0 Å². The SMILES string of the molecule is SCc1ncc(-c2ccc3c(c2)CCCS3)[nH]1. The van der Waals surface area contributed by atoms with E-state index < -0.39 is 0 Å². The summed E-state index contributed by atoms with van der Waals surface area (Å²) >= 11 is 6.18. The molecule has 1 aromatic carbocycles. The van der Waals surface area contributed by atoms with Crippen molar-refractivity contribution in [2.24, 2.45) is 0 Å². The first-order valence-electron chi connectivity index (χ1n) is 5.77. The molecule has 88 valence electrons. The van der Waals surface area contributed by atoms with E-state index in [2.05, 4.69) is 40.8 Å². The predicted octanol–water partition coefficient (Wildman–Crippen LogP) is 3.54. The van der Waals surface area contributed by atoms with Crippen LogP contribution >= 0.6 is 24.4 Å². The number of aryl methyl sites for hydroxylation is 1. The number of nitrogens with zero attached hydrogens (tertiary/aromatic N) is 1. The predicted molar refractivity (Wildman–Crippen MR) is 75.8 cm³/mol. The van der Waals surface area contributed by atoms with E-state index in [1.165, 1.54) is 34.6 Å². The molecular weight excluding hydrogens is 248 g/mol. The molecule has 0 unspecified atom stereocenters. The lowest BCUT2D eigenvalue weighted by atomic mass is 10.0. The molecule has 4 heteroatoms. The van der Waals surface area contributed by atoms with Crippen LogP contribution < -0.4 is 0 Å². The molecule has 3 rings (SSSR count). The third kappa shape index (κ3) is 2.24. The zero-order chi connectivity index (χ0) is 11.7. The van der Waals surface area contributed by atoms with Gasteiger partial charge in [0.1, 0.15) is 5.82 Å². The summed E-state index contributed by atoms with van der Waals surface area (Å²) in [5.74, 6) is 2.83. The third-order valence-electron chi connectivity index (χ3n) is 3.00. The minimum Gasteiger partial charge on any atom is -0.341 e. The maximum absolute atomic E-state index is 4.29. The number of rotatable bonds is 2. The Morgan fingerprint density at radius 1 is 1.41 bits per heavy atom. The highest BCUT2D eigenvalue weighted by molar-refractivity contribution is 7.99. The molecule has 2 heterocycles. The van der Waals surface area contributed by atoms with Crippen LogP contribution in [0.4, 0.5) is 0 Å². The Kier molecular flexibility index (Phi) is 3.16. The first kappa shape index (κ1) is 11.2. The average molecular weight is 262 g/mol. The van der Waals surface area contributed by atoms with E-state index in [4.69, 9.17) is 0 Å². The lowest BCUT2D eigenvalue weighted by Gasteiger charge is -2.15. The van der Waals surface area contributed by atoms with E-state index in [0.29, 0.717) is 5.75 Å². The summed E-state index contributed by atoms with van der Waals surface area (Å²) in [4.78, 5) is 9.02. The number of hydrogen-bond acceptors (Lipinski definition) is 3. The van der Waals surface area contributed by atoms with E-state index in [1.807, 2.05) is 18.0 Å². The molecule has 0 spiro atoms. The average Bonchev–Trinajstić information content (AvgIpc) is 2.87. The van der Waals surface area contributed by atoms with Gasteiger partial charge in [0.25, 0.3) is 0 Å².